The second-order valence-corrected chi connectivity index (χ2v) is 11.4. The minimum absolute atomic E-state index is 0.0227. The number of halogens is 1. The summed E-state index contributed by atoms with van der Waals surface area (Å²) in [4.78, 5) is 32.8. The van der Waals surface area contributed by atoms with Crippen molar-refractivity contribution in [2.75, 3.05) is 4.90 Å². The fraction of sp³-hybridized carbons (Fsp3) is 0.107. The molecule has 5 aromatic rings. The first kappa shape index (κ1) is 25.3. The zero-order valence-electron chi connectivity index (χ0n) is 20.5. The Kier molecular flexibility index (Phi) is 6.68. The van der Waals surface area contributed by atoms with Crippen molar-refractivity contribution in [3.63, 3.8) is 0 Å². The molecular weight excluding hydrogens is 554 g/mol. The topological polar surface area (TPSA) is 101 Å². The van der Waals surface area contributed by atoms with Gasteiger partial charge in [-0.1, -0.05) is 83.2 Å². The van der Waals surface area contributed by atoms with E-state index in [1.165, 1.54) is 28.0 Å². The van der Waals surface area contributed by atoms with Crippen LogP contribution in [0.15, 0.2) is 88.9 Å². The van der Waals surface area contributed by atoms with Gasteiger partial charge in [-0.25, -0.2) is 4.98 Å². The Labute approximate surface area is 236 Å². The van der Waals surface area contributed by atoms with Gasteiger partial charge < -0.3 is 5.11 Å². The van der Waals surface area contributed by atoms with E-state index in [-0.39, 0.29) is 16.5 Å². The van der Waals surface area contributed by atoms with Crippen LogP contribution in [0.25, 0.3) is 11.4 Å². The van der Waals surface area contributed by atoms with Crippen LogP contribution in [0.1, 0.15) is 28.6 Å². The van der Waals surface area contributed by atoms with E-state index in [1.54, 1.807) is 17.5 Å². The molecule has 0 bridgehead atoms. The predicted molar refractivity (Wildman–Crippen MR) is 152 cm³/mol. The summed E-state index contributed by atoms with van der Waals surface area (Å²) in [7, 11) is 0. The van der Waals surface area contributed by atoms with Crippen LogP contribution in [-0.2, 0) is 15.3 Å². The number of benzene rings is 2. The van der Waals surface area contributed by atoms with Gasteiger partial charge >= 0.3 is 5.91 Å². The molecule has 39 heavy (non-hydrogen) atoms. The highest BCUT2D eigenvalue weighted by Crippen LogP contribution is 2.44. The van der Waals surface area contributed by atoms with Crippen LogP contribution in [0.3, 0.4) is 0 Å². The summed E-state index contributed by atoms with van der Waals surface area (Å²) in [5, 5.41) is 21.1. The molecule has 1 aliphatic heterocycles. The number of hydrogen-bond donors (Lipinski definition) is 1. The van der Waals surface area contributed by atoms with Gasteiger partial charge in [0.15, 0.2) is 10.1 Å². The van der Waals surface area contributed by atoms with Crippen molar-refractivity contribution in [2.24, 2.45) is 0 Å². The van der Waals surface area contributed by atoms with Gasteiger partial charge in [0.2, 0.25) is 5.13 Å². The van der Waals surface area contributed by atoms with Crippen molar-refractivity contribution in [1.82, 2.24) is 19.6 Å². The monoisotopic (exact) mass is 573 g/mol. The van der Waals surface area contributed by atoms with Gasteiger partial charge in [-0.2, -0.15) is 0 Å². The van der Waals surface area contributed by atoms with Crippen molar-refractivity contribution in [2.45, 2.75) is 23.1 Å². The zero-order valence-corrected chi connectivity index (χ0v) is 22.9. The number of fused-ring (bicyclic) bond motifs is 1. The molecule has 1 atom stereocenters. The number of carbonyl (C=O) groups excluding carboxylic acids is 2. The molecule has 1 saturated heterocycles. The molecule has 1 amide bonds. The highest BCUT2D eigenvalue weighted by molar-refractivity contribution is 8.00. The number of aliphatic hydroxyl groups is 1. The Hall–Kier alpha value is -3.99. The number of anilines is 1. The van der Waals surface area contributed by atoms with Crippen LogP contribution in [-0.4, -0.2) is 36.4 Å². The number of rotatable bonds is 6. The van der Waals surface area contributed by atoms with Crippen molar-refractivity contribution >= 4 is 62.9 Å². The molecule has 1 aliphatic rings. The van der Waals surface area contributed by atoms with Crippen LogP contribution >= 0.6 is 34.7 Å². The fourth-order valence-corrected chi connectivity index (χ4v) is 6.54. The summed E-state index contributed by atoms with van der Waals surface area (Å²) >= 11 is 8.67. The lowest BCUT2D eigenvalue weighted by molar-refractivity contribution is -0.132. The van der Waals surface area contributed by atoms with Crippen molar-refractivity contribution in [3.05, 3.63) is 112 Å². The summed E-state index contributed by atoms with van der Waals surface area (Å²) < 4.78 is 2.35. The average molecular weight is 574 g/mol. The Balaban J connectivity index is 1.42. The van der Waals surface area contributed by atoms with E-state index in [1.807, 2.05) is 72.8 Å². The molecule has 8 nitrogen and oxygen atoms in total. The Bertz CT molecular complexity index is 1750. The van der Waals surface area contributed by atoms with E-state index >= 15 is 0 Å². The number of imidazole rings is 1. The lowest BCUT2D eigenvalue weighted by Crippen LogP contribution is -2.29. The van der Waals surface area contributed by atoms with Gasteiger partial charge in [-0.05, 0) is 42.3 Å². The number of aryl methyl sites for hydroxylation is 1. The van der Waals surface area contributed by atoms with Crippen LogP contribution in [0, 0.1) is 6.92 Å². The summed E-state index contributed by atoms with van der Waals surface area (Å²) in [6.07, 6.45) is 1.76. The summed E-state index contributed by atoms with van der Waals surface area (Å²) in [5.74, 6) is -1.22. The van der Waals surface area contributed by atoms with Gasteiger partial charge in [-0.3, -0.25) is 18.9 Å². The maximum absolute atomic E-state index is 13.5. The largest absolute Gasteiger partial charge is 0.505 e. The van der Waals surface area contributed by atoms with Crippen LogP contribution < -0.4 is 4.90 Å². The first-order chi connectivity index (χ1) is 18.9. The van der Waals surface area contributed by atoms with Crippen molar-refractivity contribution in [1.29, 1.82) is 0 Å². The lowest BCUT2D eigenvalue weighted by atomic mass is 9.96. The second-order valence-electron chi connectivity index (χ2n) is 8.82. The molecular formula is C28H20ClN5O3S2. The van der Waals surface area contributed by atoms with Crippen LogP contribution in [0.4, 0.5) is 5.13 Å². The van der Waals surface area contributed by atoms with Gasteiger partial charge in [0.05, 0.1) is 17.3 Å². The second kappa shape index (κ2) is 10.3. The van der Waals surface area contributed by atoms with Crippen LogP contribution in [0.5, 0.6) is 0 Å². The van der Waals surface area contributed by atoms with Gasteiger partial charge in [0.1, 0.15) is 11.3 Å². The van der Waals surface area contributed by atoms with E-state index in [4.69, 9.17) is 11.6 Å². The number of nitrogens with zero attached hydrogens (tertiary/aromatic N) is 5. The fourth-order valence-electron chi connectivity index (χ4n) is 4.59. The number of hydrogen-bond acceptors (Lipinski definition) is 8. The van der Waals surface area contributed by atoms with E-state index in [0.717, 1.165) is 5.56 Å². The summed E-state index contributed by atoms with van der Waals surface area (Å²) in [5.41, 5.74) is 3.22. The molecule has 4 heterocycles. The van der Waals surface area contributed by atoms with Crippen LogP contribution in [0.2, 0.25) is 5.02 Å². The molecule has 1 fully saturated rings. The third kappa shape index (κ3) is 4.60. The number of carbonyl (C=O) groups is 2. The minimum Gasteiger partial charge on any atom is -0.505 e. The van der Waals surface area contributed by atoms with Crippen molar-refractivity contribution in [3.8, 4) is 0 Å². The molecule has 1 unspecified atom stereocenters. The first-order valence-corrected chi connectivity index (χ1v) is 14.1. The van der Waals surface area contributed by atoms with Gasteiger partial charge in [0, 0.05) is 17.0 Å². The zero-order chi connectivity index (χ0) is 27.1. The highest BCUT2D eigenvalue weighted by Gasteiger charge is 2.48. The summed E-state index contributed by atoms with van der Waals surface area (Å²) in [6.45, 7) is 1.75. The Morgan fingerprint density at radius 1 is 1.03 bits per heavy atom. The lowest BCUT2D eigenvalue weighted by Gasteiger charge is -2.22. The average Bonchev–Trinajstić information content (AvgIpc) is 3.62. The van der Waals surface area contributed by atoms with Gasteiger partial charge in [-0.15, -0.1) is 10.2 Å². The van der Waals surface area contributed by atoms with E-state index < -0.39 is 17.7 Å². The third-order valence-electron chi connectivity index (χ3n) is 6.37. The molecule has 0 radical (unpaired) electrons. The summed E-state index contributed by atoms with van der Waals surface area (Å²) in [6, 6.07) is 21.2. The van der Waals surface area contributed by atoms with Crippen molar-refractivity contribution < 1.29 is 14.7 Å². The molecule has 11 heteroatoms. The smallest absolute Gasteiger partial charge is 0.301 e. The number of thioether (sulfide) groups is 1. The maximum atomic E-state index is 13.5. The minimum atomic E-state index is -0.887. The molecule has 3 aromatic heterocycles. The maximum Gasteiger partial charge on any atom is 0.301 e. The van der Waals surface area contributed by atoms with E-state index in [0.29, 0.717) is 37.7 Å². The molecule has 2 aromatic carbocycles. The quantitative estimate of drug-likeness (QED) is 0.0865. The standard InChI is InChI=1S/C28H20ClN5O3S2/c1-16-22(33-14-6-5-9-20(33)30-16)24(35)21-23(18-7-3-2-4-8-18)34(26(37)25(21)36)27-31-32-28(39-27)38-15-17-10-12-19(29)13-11-17/h2-14,23,35H,15H2,1H3/b24-21+. The molecule has 0 spiro atoms. The molecule has 0 saturated carbocycles. The highest BCUT2D eigenvalue weighted by atomic mass is 35.5. The number of ketones is 1. The SMILES string of the molecule is Cc1nc2ccccn2c1/C(O)=C1\C(=O)C(=O)N(c2nnc(SCc3ccc(Cl)cc3)s2)C1c1ccccc1. The van der Waals surface area contributed by atoms with Gasteiger partial charge in [0.25, 0.3) is 5.78 Å². The normalized spacial score (nSPS) is 16.9. The first-order valence-electron chi connectivity index (χ1n) is 11.9. The Morgan fingerprint density at radius 2 is 1.77 bits per heavy atom. The number of aromatic nitrogens is 4. The number of pyridine rings is 1. The number of aliphatic hydroxyl groups excluding tert-OH is 1. The molecule has 194 valence electrons. The number of amides is 1. The molecule has 0 aliphatic carbocycles. The third-order valence-corrected chi connectivity index (χ3v) is 8.74. The van der Waals surface area contributed by atoms with E-state index in [2.05, 4.69) is 15.2 Å². The molecule has 1 N–H and O–H groups in total. The Morgan fingerprint density at radius 3 is 2.54 bits per heavy atom. The van der Waals surface area contributed by atoms with E-state index in [9.17, 15) is 14.7 Å². The molecule has 6 rings (SSSR count). The predicted octanol–water partition coefficient (Wildman–Crippen LogP) is 6.07. The number of Topliss-reactive ketones (excluding diaryl/α,β-unsaturated/α-hetero) is 1.